The van der Waals surface area contributed by atoms with Crippen LogP contribution in [0.5, 0.6) is 0 Å². The first-order valence-electron chi connectivity index (χ1n) is 15.6. The standard InChI is InChI=1S/C41H32N4O4/c46-38(30-7-3-1-4-8-30)32-15-23-36(24-16-32)44-40(48)42-34-19-11-28(12-20-34)27-29-13-21-35(22-14-29)43-41(49)45-37-25-17-33(18-26-37)39(47)31-9-5-2-6-10-31/h1-26H,27H2,(H2,42,44,48)(H2,43,45,49). The number of nitrogens with one attached hydrogen (secondary N) is 4. The van der Waals surface area contributed by atoms with E-state index in [4.69, 9.17) is 0 Å². The van der Waals surface area contributed by atoms with Gasteiger partial charge in [0.1, 0.15) is 0 Å². The van der Waals surface area contributed by atoms with Gasteiger partial charge in [-0.1, -0.05) is 84.9 Å². The largest absolute Gasteiger partial charge is 0.323 e. The predicted molar refractivity (Wildman–Crippen MR) is 194 cm³/mol. The first-order valence-corrected chi connectivity index (χ1v) is 15.6. The van der Waals surface area contributed by atoms with E-state index in [2.05, 4.69) is 21.3 Å². The van der Waals surface area contributed by atoms with Crippen molar-refractivity contribution in [2.45, 2.75) is 6.42 Å². The summed E-state index contributed by atoms with van der Waals surface area (Å²) in [6.45, 7) is 0. The number of rotatable bonds is 10. The van der Waals surface area contributed by atoms with Gasteiger partial charge in [0.2, 0.25) is 0 Å². The summed E-state index contributed by atoms with van der Waals surface area (Å²) in [5.74, 6) is -0.157. The molecule has 49 heavy (non-hydrogen) atoms. The Morgan fingerprint density at radius 1 is 0.327 bits per heavy atom. The lowest BCUT2D eigenvalue weighted by atomic mass is 10.0. The minimum absolute atomic E-state index is 0.0784. The Labute approximate surface area is 283 Å². The second kappa shape index (κ2) is 15.2. The maximum absolute atomic E-state index is 12.6. The zero-order chi connectivity index (χ0) is 34.0. The smallest absolute Gasteiger partial charge is 0.308 e. The zero-order valence-corrected chi connectivity index (χ0v) is 26.4. The molecular weight excluding hydrogens is 612 g/mol. The minimum Gasteiger partial charge on any atom is -0.308 e. The number of carbonyl (C=O) groups excluding carboxylic acids is 4. The number of urea groups is 2. The van der Waals surface area contributed by atoms with Gasteiger partial charge in [-0.2, -0.15) is 0 Å². The summed E-state index contributed by atoms with van der Waals surface area (Å²) in [5.41, 5.74) is 6.83. The zero-order valence-electron chi connectivity index (χ0n) is 26.4. The van der Waals surface area contributed by atoms with E-state index in [-0.39, 0.29) is 11.6 Å². The van der Waals surface area contributed by atoms with Gasteiger partial charge >= 0.3 is 12.1 Å². The molecule has 0 unspecified atom stereocenters. The molecular formula is C41H32N4O4. The third-order valence-electron chi connectivity index (χ3n) is 7.71. The van der Waals surface area contributed by atoms with Crippen molar-refractivity contribution in [1.82, 2.24) is 0 Å². The topological polar surface area (TPSA) is 116 Å². The van der Waals surface area contributed by atoms with Gasteiger partial charge in [0.05, 0.1) is 0 Å². The van der Waals surface area contributed by atoms with Crippen molar-refractivity contribution in [1.29, 1.82) is 0 Å². The van der Waals surface area contributed by atoms with Crippen molar-refractivity contribution < 1.29 is 19.2 Å². The van der Waals surface area contributed by atoms with Crippen molar-refractivity contribution in [2.75, 3.05) is 21.3 Å². The van der Waals surface area contributed by atoms with Crippen molar-refractivity contribution in [2.24, 2.45) is 0 Å². The molecule has 0 aliphatic heterocycles. The molecule has 6 aromatic rings. The molecule has 0 saturated heterocycles. The molecule has 0 spiro atoms. The quantitative estimate of drug-likeness (QED) is 0.111. The number of anilines is 4. The highest BCUT2D eigenvalue weighted by Crippen LogP contribution is 2.19. The lowest BCUT2D eigenvalue weighted by Crippen LogP contribution is -2.19. The van der Waals surface area contributed by atoms with Gasteiger partial charge in [0.15, 0.2) is 11.6 Å². The van der Waals surface area contributed by atoms with Gasteiger partial charge in [-0.15, -0.1) is 0 Å². The van der Waals surface area contributed by atoms with E-state index < -0.39 is 12.1 Å². The fourth-order valence-electron chi connectivity index (χ4n) is 5.16. The Bertz CT molecular complexity index is 1910. The van der Waals surface area contributed by atoms with Crippen LogP contribution in [0, 0.1) is 0 Å². The lowest BCUT2D eigenvalue weighted by Gasteiger charge is -2.10. The van der Waals surface area contributed by atoms with E-state index >= 15 is 0 Å². The molecule has 0 heterocycles. The van der Waals surface area contributed by atoms with Gasteiger partial charge in [-0.25, -0.2) is 9.59 Å². The third-order valence-corrected chi connectivity index (χ3v) is 7.71. The van der Waals surface area contributed by atoms with Crippen LogP contribution in [0.3, 0.4) is 0 Å². The van der Waals surface area contributed by atoms with E-state index in [1.165, 1.54) is 0 Å². The molecule has 0 aliphatic carbocycles. The molecule has 8 nitrogen and oxygen atoms in total. The summed E-state index contributed by atoms with van der Waals surface area (Å²) in [5, 5.41) is 11.2. The fourth-order valence-corrected chi connectivity index (χ4v) is 5.16. The summed E-state index contributed by atoms with van der Waals surface area (Å²) in [6.07, 6.45) is 0.668. The van der Waals surface area contributed by atoms with Crippen LogP contribution in [-0.4, -0.2) is 23.6 Å². The summed E-state index contributed by atoms with van der Waals surface area (Å²) in [4.78, 5) is 50.3. The van der Waals surface area contributed by atoms with Gasteiger partial charge in [0, 0.05) is 45.0 Å². The highest BCUT2D eigenvalue weighted by Gasteiger charge is 2.11. The maximum Gasteiger partial charge on any atom is 0.323 e. The van der Waals surface area contributed by atoms with E-state index in [1.807, 2.05) is 84.9 Å². The second-order valence-corrected chi connectivity index (χ2v) is 11.3. The molecule has 240 valence electrons. The third kappa shape index (κ3) is 8.72. The average molecular weight is 645 g/mol. The number of amides is 4. The fraction of sp³-hybridized carbons (Fsp3) is 0.0244. The first-order chi connectivity index (χ1) is 23.9. The van der Waals surface area contributed by atoms with Crippen LogP contribution in [0.1, 0.15) is 43.0 Å². The molecule has 0 saturated carbocycles. The minimum atomic E-state index is -0.391. The van der Waals surface area contributed by atoms with E-state index in [1.54, 1.807) is 72.8 Å². The number of carbonyl (C=O) groups is 4. The summed E-state index contributed by atoms with van der Waals surface area (Å²) < 4.78 is 0. The molecule has 4 amide bonds. The van der Waals surface area contributed by atoms with Crippen LogP contribution < -0.4 is 21.3 Å². The number of hydrogen-bond donors (Lipinski definition) is 4. The van der Waals surface area contributed by atoms with Crippen LogP contribution >= 0.6 is 0 Å². The molecule has 0 atom stereocenters. The molecule has 8 heteroatoms. The molecule has 0 fully saturated rings. The van der Waals surface area contributed by atoms with Crippen molar-refractivity contribution in [3.8, 4) is 0 Å². The highest BCUT2D eigenvalue weighted by atomic mass is 16.2. The average Bonchev–Trinajstić information content (AvgIpc) is 3.14. The molecule has 0 aliphatic rings. The molecule has 0 bridgehead atoms. The van der Waals surface area contributed by atoms with E-state index in [0.717, 1.165) is 11.1 Å². The lowest BCUT2D eigenvalue weighted by molar-refractivity contribution is 0.103. The Hall–Kier alpha value is -6.80. The van der Waals surface area contributed by atoms with Crippen LogP contribution in [-0.2, 0) is 6.42 Å². The SMILES string of the molecule is O=C(Nc1ccc(Cc2ccc(NC(=O)Nc3ccc(C(=O)c4ccccc4)cc3)cc2)cc1)Nc1ccc(C(=O)c2ccccc2)cc1. The maximum atomic E-state index is 12.6. The van der Waals surface area contributed by atoms with Crippen molar-refractivity contribution in [3.05, 3.63) is 191 Å². The van der Waals surface area contributed by atoms with Crippen LogP contribution in [0.15, 0.2) is 158 Å². The number of hydrogen-bond acceptors (Lipinski definition) is 4. The summed E-state index contributed by atoms with van der Waals surface area (Å²) in [7, 11) is 0. The van der Waals surface area contributed by atoms with Gasteiger partial charge in [0.25, 0.3) is 0 Å². The molecule has 4 N–H and O–H groups in total. The Kier molecular flexibility index (Phi) is 9.97. The number of benzene rings is 6. The van der Waals surface area contributed by atoms with E-state index in [0.29, 0.717) is 51.4 Å². The molecule has 6 aromatic carbocycles. The monoisotopic (exact) mass is 644 g/mol. The van der Waals surface area contributed by atoms with Crippen molar-refractivity contribution >= 4 is 46.4 Å². The molecule has 6 rings (SSSR count). The van der Waals surface area contributed by atoms with Gasteiger partial charge < -0.3 is 21.3 Å². The predicted octanol–water partition coefficient (Wildman–Crippen LogP) is 9.03. The van der Waals surface area contributed by atoms with Gasteiger partial charge in [-0.3, -0.25) is 9.59 Å². The first kappa shape index (κ1) is 32.2. The molecule has 0 aromatic heterocycles. The Morgan fingerprint density at radius 3 is 0.898 bits per heavy atom. The van der Waals surface area contributed by atoms with Crippen LogP contribution in [0.25, 0.3) is 0 Å². The van der Waals surface area contributed by atoms with Crippen LogP contribution in [0.2, 0.25) is 0 Å². The Balaban J connectivity index is 0.951. The van der Waals surface area contributed by atoms with E-state index in [9.17, 15) is 19.2 Å². The normalized spacial score (nSPS) is 10.4. The molecule has 0 radical (unpaired) electrons. The van der Waals surface area contributed by atoms with Crippen molar-refractivity contribution in [3.63, 3.8) is 0 Å². The van der Waals surface area contributed by atoms with Gasteiger partial charge in [-0.05, 0) is 90.3 Å². The summed E-state index contributed by atoms with van der Waals surface area (Å²) in [6, 6.07) is 46.0. The second-order valence-electron chi connectivity index (χ2n) is 11.3. The summed E-state index contributed by atoms with van der Waals surface area (Å²) >= 11 is 0. The highest BCUT2D eigenvalue weighted by molar-refractivity contribution is 6.10. The Morgan fingerprint density at radius 2 is 0.592 bits per heavy atom. The number of ketones is 2. The van der Waals surface area contributed by atoms with Crippen LogP contribution in [0.4, 0.5) is 32.3 Å².